The number of halogens is 1. The van der Waals surface area contributed by atoms with Crippen LogP contribution in [0.1, 0.15) is 28.8 Å². The van der Waals surface area contributed by atoms with Crippen LogP contribution in [0.2, 0.25) is 0 Å². The van der Waals surface area contributed by atoms with E-state index in [1.807, 2.05) is 30.3 Å². The number of hydrogen-bond donors (Lipinski definition) is 2. The Morgan fingerprint density at radius 3 is 2.54 bits per heavy atom. The molecule has 2 aromatic carbocycles. The number of amides is 1. The van der Waals surface area contributed by atoms with Crippen LogP contribution in [0.5, 0.6) is 0 Å². The third-order valence-corrected chi connectivity index (χ3v) is 5.12. The lowest BCUT2D eigenvalue weighted by molar-refractivity contribution is 0.0950. The molecule has 0 aliphatic carbocycles. The summed E-state index contributed by atoms with van der Waals surface area (Å²) >= 11 is 1.79. The Kier molecular flexibility index (Phi) is 7.63. The summed E-state index contributed by atoms with van der Waals surface area (Å²) in [5.41, 5.74) is 2.04. The monoisotopic (exact) mass is 362 g/mol. The molecule has 0 spiro atoms. The molecule has 128 valence electrons. The molecule has 0 aromatic heterocycles. The van der Waals surface area contributed by atoms with Crippen molar-refractivity contribution < 1.29 is 4.79 Å². The van der Waals surface area contributed by atoms with E-state index in [-0.39, 0.29) is 18.3 Å². The van der Waals surface area contributed by atoms with Gasteiger partial charge in [0.1, 0.15) is 0 Å². The van der Waals surface area contributed by atoms with Gasteiger partial charge in [0.05, 0.1) is 0 Å². The largest absolute Gasteiger partial charge is 0.350 e. The van der Waals surface area contributed by atoms with Gasteiger partial charge in [0.25, 0.3) is 5.91 Å². The van der Waals surface area contributed by atoms with E-state index >= 15 is 0 Å². The zero-order chi connectivity index (χ0) is 15.9. The second-order valence-electron chi connectivity index (χ2n) is 5.80. The number of benzene rings is 2. The van der Waals surface area contributed by atoms with Crippen LogP contribution in [0.4, 0.5) is 0 Å². The normalized spacial score (nSPS) is 16.4. The molecule has 1 aliphatic rings. The first-order valence-corrected chi connectivity index (χ1v) is 9.08. The first-order chi connectivity index (χ1) is 11.3. The Bertz CT molecular complexity index is 628. The molecule has 1 atom stereocenters. The van der Waals surface area contributed by atoms with Crippen LogP contribution in [0.25, 0.3) is 0 Å². The summed E-state index contributed by atoms with van der Waals surface area (Å²) in [7, 11) is 0. The Balaban J connectivity index is 0.00000208. The highest BCUT2D eigenvalue weighted by Gasteiger charge is 2.15. The summed E-state index contributed by atoms with van der Waals surface area (Å²) < 4.78 is 0. The molecule has 1 amide bonds. The van der Waals surface area contributed by atoms with Crippen molar-refractivity contribution in [3.63, 3.8) is 0 Å². The molecular formula is C19H23ClN2OS. The molecule has 0 saturated carbocycles. The van der Waals surface area contributed by atoms with E-state index in [1.54, 1.807) is 11.8 Å². The van der Waals surface area contributed by atoms with Crippen LogP contribution in [-0.4, -0.2) is 25.0 Å². The summed E-state index contributed by atoms with van der Waals surface area (Å²) in [5.74, 6) is 0.957. The van der Waals surface area contributed by atoms with Crippen molar-refractivity contribution in [3.05, 3.63) is 65.7 Å². The molecule has 1 aliphatic heterocycles. The Morgan fingerprint density at radius 1 is 1.12 bits per heavy atom. The highest BCUT2D eigenvalue weighted by atomic mass is 35.5. The van der Waals surface area contributed by atoms with E-state index in [0.29, 0.717) is 12.6 Å². The molecule has 3 nitrogen and oxygen atoms in total. The predicted octanol–water partition coefficient (Wildman–Crippen LogP) is 3.88. The SMILES string of the molecule is Cl.O=C(NCC1CCCN1)c1ccc(SCc2ccccc2)cc1. The third-order valence-electron chi connectivity index (χ3n) is 4.04. The second kappa shape index (κ2) is 9.72. The van der Waals surface area contributed by atoms with Crippen LogP contribution in [-0.2, 0) is 5.75 Å². The van der Waals surface area contributed by atoms with Crippen LogP contribution in [0.15, 0.2) is 59.5 Å². The molecule has 5 heteroatoms. The molecule has 3 rings (SSSR count). The number of carbonyl (C=O) groups is 1. The number of nitrogens with one attached hydrogen (secondary N) is 2. The highest BCUT2D eigenvalue weighted by Crippen LogP contribution is 2.22. The second-order valence-corrected chi connectivity index (χ2v) is 6.85. The average molecular weight is 363 g/mol. The first kappa shape index (κ1) is 18.8. The topological polar surface area (TPSA) is 41.1 Å². The Labute approximate surface area is 154 Å². The molecule has 1 fully saturated rings. The van der Waals surface area contributed by atoms with Gasteiger partial charge in [-0.25, -0.2) is 0 Å². The molecule has 0 radical (unpaired) electrons. The molecule has 2 N–H and O–H groups in total. The van der Waals surface area contributed by atoms with Crippen molar-refractivity contribution in [2.75, 3.05) is 13.1 Å². The van der Waals surface area contributed by atoms with Crippen molar-refractivity contribution in [2.45, 2.75) is 29.5 Å². The Morgan fingerprint density at radius 2 is 1.88 bits per heavy atom. The molecule has 1 heterocycles. The van der Waals surface area contributed by atoms with Gasteiger partial charge < -0.3 is 10.6 Å². The van der Waals surface area contributed by atoms with Gasteiger partial charge in [0, 0.05) is 28.8 Å². The number of carbonyl (C=O) groups excluding carboxylic acids is 1. The van der Waals surface area contributed by atoms with Gasteiger partial charge in [0.2, 0.25) is 0 Å². The highest BCUT2D eigenvalue weighted by molar-refractivity contribution is 7.98. The summed E-state index contributed by atoms with van der Waals surface area (Å²) in [5, 5.41) is 6.40. The number of hydrogen-bond acceptors (Lipinski definition) is 3. The maximum atomic E-state index is 12.1. The van der Waals surface area contributed by atoms with Crippen molar-refractivity contribution in [1.82, 2.24) is 10.6 Å². The van der Waals surface area contributed by atoms with Gasteiger partial charge in [-0.3, -0.25) is 4.79 Å². The van der Waals surface area contributed by atoms with Crippen molar-refractivity contribution >= 4 is 30.1 Å². The summed E-state index contributed by atoms with van der Waals surface area (Å²) in [6.07, 6.45) is 2.35. The smallest absolute Gasteiger partial charge is 0.251 e. The molecule has 1 unspecified atom stereocenters. The van der Waals surface area contributed by atoms with Crippen LogP contribution in [0, 0.1) is 0 Å². The quantitative estimate of drug-likeness (QED) is 0.766. The fourth-order valence-electron chi connectivity index (χ4n) is 2.69. The maximum absolute atomic E-state index is 12.1. The van der Waals surface area contributed by atoms with Crippen molar-refractivity contribution in [2.24, 2.45) is 0 Å². The summed E-state index contributed by atoms with van der Waals surface area (Å²) in [6, 6.07) is 18.7. The molecule has 1 saturated heterocycles. The summed E-state index contributed by atoms with van der Waals surface area (Å²) in [4.78, 5) is 13.3. The minimum absolute atomic E-state index is 0. The van der Waals surface area contributed by atoms with E-state index < -0.39 is 0 Å². The van der Waals surface area contributed by atoms with Crippen LogP contribution >= 0.6 is 24.2 Å². The van der Waals surface area contributed by atoms with Gasteiger partial charge in [-0.15, -0.1) is 24.2 Å². The molecule has 2 aromatic rings. The predicted molar refractivity (Wildman–Crippen MR) is 103 cm³/mol. The fraction of sp³-hybridized carbons (Fsp3) is 0.316. The molecular weight excluding hydrogens is 340 g/mol. The fourth-order valence-corrected chi connectivity index (χ4v) is 3.55. The van der Waals surface area contributed by atoms with Crippen molar-refractivity contribution in [1.29, 1.82) is 0 Å². The standard InChI is InChI=1S/C19H22N2OS.ClH/c22-19(21-13-17-7-4-12-20-17)16-8-10-18(11-9-16)23-14-15-5-2-1-3-6-15;/h1-3,5-6,8-11,17,20H,4,7,12-14H2,(H,21,22);1H. The number of thioether (sulfide) groups is 1. The lowest BCUT2D eigenvalue weighted by atomic mass is 10.2. The van der Waals surface area contributed by atoms with Crippen molar-refractivity contribution in [3.8, 4) is 0 Å². The van der Waals surface area contributed by atoms with E-state index in [0.717, 1.165) is 24.3 Å². The van der Waals surface area contributed by atoms with Gasteiger partial charge >= 0.3 is 0 Å². The molecule has 0 bridgehead atoms. The van der Waals surface area contributed by atoms with E-state index in [4.69, 9.17) is 0 Å². The third kappa shape index (κ3) is 5.55. The van der Waals surface area contributed by atoms with Gasteiger partial charge in [-0.05, 0) is 49.2 Å². The minimum Gasteiger partial charge on any atom is -0.350 e. The minimum atomic E-state index is 0. The van der Waals surface area contributed by atoms with Gasteiger partial charge in [0.15, 0.2) is 0 Å². The lowest BCUT2D eigenvalue weighted by Gasteiger charge is -2.11. The van der Waals surface area contributed by atoms with Gasteiger partial charge in [-0.1, -0.05) is 30.3 Å². The average Bonchev–Trinajstić information content (AvgIpc) is 3.13. The number of rotatable bonds is 6. The van der Waals surface area contributed by atoms with Gasteiger partial charge in [-0.2, -0.15) is 0 Å². The zero-order valence-corrected chi connectivity index (χ0v) is 15.2. The lowest BCUT2D eigenvalue weighted by Crippen LogP contribution is -2.37. The summed E-state index contributed by atoms with van der Waals surface area (Å²) in [6.45, 7) is 1.78. The van der Waals surface area contributed by atoms with E-state index in [1.165, 1.54) is 16.9 Å². The zero-order valence-electron chi connectivity index (χ0n) is 13.5. The van der Waals surface area contributed by atoms with Crippen LogP contribution in [0.3, 0.4) is 0 Å². The van der Waals surface area contributed by atoms with E-state index in [2.05, 4.69) is 34.9 Å². The first-order valence-electron chi connectivity index (χ1n) is 8.09. The van der Waals surface area contributed by atoms with Crippen LogP contribution < -0.4 is 10.6 Å². The Hall–Kier alpha value is -1.49. The molecule has 24 heavy (non-hydrogen) atoms. The van der Waals surface area contributed by atoms with E-state index in [9.17, 15) is 4.79 Å². The maximum Gasteiger partial charge on any atom is 0.251 e.